The molecule has 24 heavy (non-hydrogen) atoms. The van der Waals surface area contributed by atoms with Gasteiger partial charge in [0.05, 0.1) is 23.6 Å². The highest BCUT2D eigenvalue weighted by Gasteiger charge is 2.46. The van der Waals surface area contributed by atoms with Crippen LogP contribution in [0.25, 0.3) is 5.69 Å². The smallest absolute Gasteiger partial charge is 0.255 e. The lowest BCUT2D eigenvalue weighted by molar-refractivity contribution is -0.121. The molecule has 2 N–H and O–H groups in total. The van der Waals surface area contributed by atoms with Gasteiger partial charge in [-0.1, -0.05) is 13.8 Å². The molecule has 0 aliphatic carbocycles. The summed E-state index contributed by atoms with van der Waals surface area (Å²) < 4.78 is 1.59. The van der Waals surface area contributed by atoms with Gasteiger partial charge in [-0.2, -0.15) is 5.10 Å². The molecular formula is C17H21N5O2. The zero-order valence-electron chi connectivity index (χ0n) is 13.8. The first-order valence-corrected chi connectivity index (χ1v) is 8.13. The molecule has 3 rings (SSSR count). The van der Waals surface area contributed by atoms with Gasteiger partial charge in [-0.05, 0) is 25.0 Å². The van der Waals surface area contributed by atoms with Crippen LogP contribution in [0, 0.1) is 5.41 Å². The first-order chi connectivity index (χ1) is 11.6. The third-order valence-corrected chi connectivity index (χ3v) is 4.93. The first kappa shape index (κ1) is 16.2. The SMILES string of the molecule is CCC1(CC)CNC(=O)C1NC(=O)c1cnn(-c2cccnc2)c1. The normalized spacial score (nSPS) is 19.1. The van der Waals surface area contributed by atoms with Crippen molar-refractivity contribution in [2.45, 2.75) is 32.7 Å². The molecule has 7 nitrogen and oxygen atoms in total. The van der Waals surface area contributed by atoms with Gasteiger partial charge in [0.25, 0.3) is 5.91 Å². The summed E-state index contributed by atoms with van der Waals surface area (Å²) in [5, 5.41) is 9.94. The van der Waals surface area contributed by atoms with Crippen LogP contribution in [-0.4, -0.2) is 39.2 Å². The van der Waals surface area contributed by atoms with Gasteiger partial charge >= 0.3 is 0 Å². The van der Waals surface area contributed by atoms with E-state index >= 15 is 0 Å². The third-order valence-electron chi connectivity index (χ3n) is 4.93. The van der Waals surface area contributed by atoms with Crippen molar-refractivity contribution in [3.05, 3.63) is 42.5 Å². The van der Waals surface area contributed by atoms with Gasteiger partial charge in [0.1, 0.15) is 6.04 Å². The van der Waals surface area contributed by atoms with Crippen LogP contribution in [0.5, 0.6) is 0 Å². The number of aromatic nitrogens is 3. The lowest BCUT2D eigenvalue weighted by Gasteiger charge is -2.31. The highest BCUT2D eigenvalue weighted by atomic mass is 16.2. The van der Waals surface area contributed by atoms with Gasteiger partial charge in [0, 0.05) is 24.4 Å². The van der Waals surface area contributed by atoms with E-state index in [2.05, 4.69) is 20.7 Å². The second-order valence-electron chi connectivity index (χ2n) is 6.08. The molecule has 1 fully saturated rings. The van der Waals surface area contributed by atoms with Gasteiger partial charge in [0.15, 0.2) is 0 Å². The molecule has 0 bridgehead atoms. The predicted octanol–water partition coefficient (Wildman–Crippen LogP) is 1.30. The monoisotopic (exact) mass is 327 g/mol. The van der Waals surface area contributed by atoms with Gasteiger partial charge in [-0.25, -0.2) is 4.68 Å². The van der Waals surface area contributed by atoms with Crippen molar-refractivity contribution in [1.29, 1.82) is 0 Å². The number of hydrogen-bond donors (Lipinski definition) is 2. The number of carbonyl (C=O) groups excluding carboxylic acids is 2. The fraction of sp³-hybridized carbons (Fsp3) is 0.412. The van der Waals surface area contributed by atoms with Crippen molar-refractivity contribution >= 4 is 11.8 Å². The van der Waals surface area contributed by atoms with Gasteiger partial charge in [-0.15, -0.1) is 0 Å². The van der Waals surface area contributed by atoms with E-state index in [0.29, 0.717) is 12.1 Å². The molecule has 1 unspecified atom stereocenters. The molecule has 126 valence electrons. The Balaban J connectivity index is 1.78. The molecule has 0 saturated carbocycles. The van der Waals surface area contributed by atoms with Crippen molar-refractivity contribution in [2.75, 3.05) is 6.54 Å². The zero-order chi connectivity index (χ0) is 17.2. The number of rotatable bonds is 5. The van der Waals surface area contributed by atoms with Crippen molar-refractivity contribution in [2.24, 2.45) is 5.41 Å². The van der Waals surface area contributed by atoms with Crippen molar-refractivity contribution < 1.29 is 9.59 Å². The molecule has 2 aromatic rings. The molecule has 1 atom stereocenters. The zero-order valence-corrected chi connectivity index (χ0v) is 13.8. The Kier molecular flexibility index (Phi) is 4.33. The number of hydrogen-bond acceptors (Lipinski definition) is 4. The Hall–Kier alpha value is -2.70. The van der Waals surface area contributed by atoms with Crippen molar-refractivity contribution in [3.8, 4) is 5.69 Å². The minimum Gasteiger partial charge on any atom is -0.354 e. The number of carbonyl (C=O) groups is 2. The molecular weight excluding hydrogens is 306 g/mol. The van der Waals surface area contributed by atoms with Crippen LogP contribution in [0.1, 0.15) is 37.0 Å². The summed E-state index contributed by atoms with van der Waals surface area (Å²) in [6.07, 6.45) is 8.12. The maximum atomic E-state index is 12.6. The van der Waals surface area contributed by atoms with E-state index in [-0.39, 0.29) is 17.2 Å². The Morgan fingerprint density at radius 3 is 2.88 bits per heavy atom. The minimum absolute atomic E-state index is 0.119. The summed E-state index contributed by atoms with van der Waals surface area (Å²) in [6, 6.07) is 3.14. The number of nitrogens with one attached hydrogen (secondary N) is 2. The van der Waals surface area contributed by atoms with E-state index in [0.717, 1.165) is 18.5 Å². The molecule has 1 aliphatic heterocycles. The first-order valence-electron chi connectivity index (χ1n) is 8.13. The fourth-order valence-electron chi connectivity index (χ4n) is 3.16. The summed E-state index contributed by atoms with van der Waals surface area (Å²) in [7, 11) is 0. The molecule has 1 saturated heterocycles. The summed E-state index contributed by atoms with van der Waals surface area (Å²) in [6.45, 7) is 4.69. The van der Waals surface area contributed by atoms with E-state index in [1.54, 1.807) is 29.3 Å². The molecule has 7 heteroatoms. The topological polar surface area (TPSA) is 88.9 Å². The maximum Gasteiger partial charge on any atom is 0.255 e. The minimum atomic E-state index is -0.512. The molecule has 1 aliphatic rings. The molecule has 2 aromatic heterocycles. The third kappa shape index (κ3) is 2.77. The largest absolute Gasteiger partial charge is 0.354 e. The van der Waals surface area contributed by atoms with E-state index in [4.69, 9.17) is 0 Å². The Morgan fingerprint density at radius 2 is 2.21 bits per heavy atom. The number of nitrogens with zero attached hydrogens (tertiary/aromatic N) is 3. The van der Waals surface area contributed by atoms with Crippen molar-refractivity contribution in [1.82, 2.24) is 25.4 Å². The highest BCUT2D eigenvalue weighted by molar-refractivity contribution is 5.98. The van der Waals surface area contributed by atoms with Gasteiger partial charge < -0.3 is 10.6 Å². The summed E-state index contributed by atoms with van der Waals surface area (Å²) in [5.41, 5.74) is 0.956. The number of pyridine rings is 1. The van der Waals surface area contributed by atoms with Crippen LogP contribution in [0.3, 0.4) is 0 Å². The molecule has 0 aromatic carbocycles. The standard InChI is InChI=1S/C17H21N5O2/c1-3-17(4-2)11-19-16(24)14(17)21-15(23)12-8-20-22(10-12)13-6-5-7-18-9-13/h5-10,14H,3-4,11H2,1-2H3,(H,19,24)(H,21,23). The molecule has 3 heterocycles. The Morgan fingerprint density at radius 1 is 1.42 bits per heavy atom. The van der Waals surface area contributed by atoms with Crippen LogP contribution in [-0.2, 0) is 4.79 Å². The molecule has 0 spiro atoms. The second-order valence-corrected chi connectivity index (χ2v) is 6.08. The van der Waals surface area contributed by atoms with Crippen LogP contribution in [0.4, 0.5) is 0 Å². The molecule has 2 amide bonds. The molecule has 0 radical (unpaired) electrons. The van der Waals surface area contributed by atoms with Crippen LogP contribution in [0.15, 0.2) is 36.9 Å². The van der Waals surface area contributed by atoms with Crippen LogP contribution >= 0.6 is 0 Å². The van der Waals surface area contributed by atoms with Crippen LogP contribution in [0.2, 0.25) is 0 Å². The van der Waals surface area contributed by atoms with Crippen LogP contribution < -0.4 is 10.6 Å². The lowest BCUT2D eigenvalue weighted by atomic mass is 9.77. The van der Waals surface area contributed by atoms with E-state index in [1.807, 2.05) is 19.9 Å². The van der Waals surface area contributed by atoms with E-state index in [1.165, 1.54) is 6.20 Å². The quantitative estimate of drug-likeness (QED) is 0.866. The van der Waals surface area contributed by atoms with Crippen molar-refractivity contribution in [3.63, 3.8) is 0 Å². The average Bonchev–Trinajstić information content (AvgIpc) is 3.23. The second kappa shape index (κ2) is 6.43. The van der Waals surface area contributed by atoms with Gasteiger partial charge in [0.2, 0.25) is 5.91 Å². The summed E-state index contributed by atoms with van der Waals surface area (Å²) in [5.74, 6) is -0.412. The lowest BCUT2D eigenvalue weighted by Crippen LogP contribution is -2.48. The summed E-state index contributed by atoms with van der Waals surface area (Å²) in [4.78, 5) is 28.7. The fourth-order valence-corrected chi connectivity index (χ4v) is 3.16. The van der Waals surface area contributed by atoms with Gasteiger partial charge in [-0.3, -0.25) is 14.6 Å². The maximum absolute atomic E-state index is 12.6. The average molecular weight is 327 g/mol. The summed E-state index contributed by atoms with van der Waals surface area (Å²) >= 11 is 0. The van der Waals surface area contributed by atoms with E-state index in [9.17, 15) is 9.59 Å². The number of amides is 2. The Bertz CT molecular complexity index is 736. The predicted molar refractivity (Wildman–Crippen MR) is 88.6 cm³/mol. The highest BCUT2D eigenvalue weighted by Crippen LogP contribution is 2.34. The Labute approximate surface area is 140 Å². The van der Waals surface area contributed by atoms with E-state index < -0.39 is 6.04 Å².